The van der Waals surface area contributed by atoms with Crippen LogP contribution in [0, 0.1) is 0 Å². The van der Waals surface area contributed by atoms with E-state index in [-0.39, 0.29) is 5.91 Å². The third kappa shape index (κ3) is 4.91. The van der Waals surface area contributed by atoms with Crippen LogP contribution in [0.15, 0.2) is 24.4 Å². The van der Waals surface area contributed by atoms with Crippen LogP contribution in [0.4, 0.5) is 0 Å². The number of carbonyl (C=O) groups excluding carboxylic acids is 1. The summed E-state index contributed by atoms with van der Waals surface area (Å²) in [5, 5.41) is 0. The Morgan fingerprint density at radius 2 is 2.29 bits per heavy atom. The molecule has 1 aromatic heterocycles. The van der Waals surface area contributed by atoms with Crippen LogP contribution in [-0.4, -0.2) is 27.3 Å². The topological polar surface area (TPSA) is 59.2 Å². The van der Waals surface area contributed by atoms with Crippen molar-refractivity contribution in [3.05, 3.63) is 30.1 Å². The van der Waals surface area contributed by atoms with Gasteiger partial charge in [-0.25, -0.2) is 0 Å². The van der Waals surface area contributed by atoms with Gasteiger partial charge in [0.25, 0.3) is 0 Å². The van der Waals surface area contributed by atoms with Gasteiger partial charge in [-0.3, -0.25) is 9.78 Å². The second-order valence-electron chi connectivity index (χ2n) is 3.71. The van der Waals surface area contributed by atoms with Crippen LogP contribution in [0.3, 0.4) is 0 Å². The van der Waals surface area contributed by atoms with Crippen molar-refractivity contribution in [1.29, 1.82) is 0 Å². The molecule has 4 nitrogen and oxygen atoms in total. The van der Waals surface area contributed by atoms with E-state index in [2.05, 4.69) is 4.98 Å². The summed E-state index contributed by atoms with van der Waals surface area (Å²) in [6, 6.07) is 5.66. The monoisotopic (exact) mass is 251 g/mol. The van der Waals surface area contributed by atoms with E-state index in [4.69, 9.17) is 18.0 Å². The Morgan fingerprint density at radius 1 is 1.53 bits per heavy atom. The average molecular weight is 251 g/mol. The molecule has 0 aromatic carbocycles. The number of amides is 1. The molecule has 0 saturated carbocycles. The van der Waals surface area contributed by atoms with E-state index in [0.29, 0.717) is 30.9 Å². The number of rotatable bonds is 6. The molecular weight excluding hydrogens is 234 g/mol. The highest BCUT2D eigenvalue weighted by molar-refractivity contribution is 7.80. The first-order valence-electron chi connectivity index (χ1n) is 5.59. The lowest BCUT2D eigenvalue weighted by Crippen LogP contribution is -2.33. The molecule has 0 aliphatic heterocycles. The summed E-state index contributed by atoms with van der Waals surface area (Å²) < 4.78 is 0. The number of hydrogen-bond donors (Lipinski definition) is 1. The predicted octanol–water partition coefficient (Wildman–Crippen LogP) is 1.50. The van der Waals surface area contributed by atoms with Gasteiger partial charge < -0.3 is 10.6 Å². The zero-order valence-electron chi connectivity index (χ0n) is 9.93. The summed E-state index contributed by atoms with van der Waals surface area (Å²) >= 11 is 4.83. The van der Waals surface area contributed by atoms with Crippen LogP contribution in [0.2, 0.25) is 0 Å². The van der Waals surface area contributed by atoms with Gasteiger partial charge in [0.15, 0.2) is 0 Å². The first-order chi connectivity index (χ1) is 8.13. The summed E-state index contributed by atoms with van der Waals surface area (Å²) in [5.74, 6) is 0.0897. The van der Waals surface area contributed by atoms with Crippen molar-refractivity contribution < 1.29 is 4.79 Å². The zero-order chi connectivity index (χ0) is 12.7. The highest BCUT2D eigenvalue weighted by atomic mass is 32.1. The molecule has 1 heterocycles. The van der Waals surface area contributed by atoms with Crippen LogP contribution in [-0.2, 0) is 11.3 Å². The van der Waals surface area contributed by atoms with Crippen molar-refractivity contribution in [1.82, 2.24) is 9.88 Å². The molecule has 0 radical (unpaired) electrons. The Bertz CT molecular complexity index is 381. The molecule has 0 fully saturated rings. The summed E-state index contributed by atoms with van der Waals surface area (Å²) in [7, 11) is 0. The van der Waals surface area contributed by atoms with Gasteiger partial charge in [-0.2, -0.15) is 0 Å². The van der Waals surface area contributed by atoms with E-state index < -0.39 is 0 Å². The molecule has 2 N–H and O–H groups in total. The molecular formula is C12H17N3OS. The number of hydrogen-bond acceptors (Lipinski definition) is 3. The summed E-state index contributed by atoms with van der Waals surface area (Å²) in [6.07, 6.45) is 2.75. The molecule has 92 valence electrons. The first-order valence-corrected chi connectivity index (χ1v) is 6.00. The molecule has 5 heteroatoms. The smallest absolute Gasteiger partial charge is 0.222 e. The number of pyridine rings is 1. The van der Waals surface area contributed by atoms with Crippen LogP contribution in [0.25, 0.3) is 0 Å². The van der Waals surface area contributed by atoms with Gasteiger partial charge in [-0.15, -0.1) is 0 Å². The third-order valence-corrected chi connectivity index (χ3v) is 2.57. The Balaban J connectivity index is 2.63. The summed E-state index contributed by atoms with van der Waals surface area (Å²) in [4.78, 5) is 18.1. The number of carbonyl (C=O) groups is 1. The number of thiocarbonyl (C=S) groups is 1. The van der Waals surface area contributed by atoms with Crippen LogP contribution >= 0.6 is 12.2 Å². The third-order valence-electron chi connectivity index (χ3n) is 2.36. The second kappa shape index (κ2) is 6.96. The molecule has 0 aliphatic carbocycles. The normalized spacial score (nSPS) is 9.94. The molecule has 0 aliphatic rings. The van der Waals surface area contributed by atoms with Crippen molar-refractivity contribution in [2.75, 3.05) is 6.54 Å². The molecule has 1 amide bonds. The molecule has 17 heavy (non-hydrogen) atoms. The summed E-state index contributed by atoms with van der Waals surface area (Å²) in [5.41, 5.74) is 6.33. The number of nitrogens with zero attached hydrogens (tertiary/aromatic N) is 2. The molecule has 1 aromatic rings. The van der Waals surface area contributed by atoms with E-state index in [9.17, 15) is 4.79 Å². The minimum Gasteiger partial charge on any atom is -0.393 e. The predicted molar refractivity (Wildman–Crippen MR) is 71.3 cm³/mol. The second-order valence-corrected chi connectivity index (χ2v) is 4.23. The maximum Gasteiger partial charge on any atom is 0.222 e. The van der Waals surface area contributed by atoms with E-state index in [1.807, 2.05) is 25.1 Å². The van der Waals surface area contributed by atoms with E-state index in [0.717, 1.165) is 5.69 Å². The lowest BCUT2D eigenvalue weighted by Gasteiger charge is -2.21. The lowest BCUT2D eigenvalue weighted by atomic mass is 10.3. The molecule has 0 saturated heterocycles. The fourth-order valence-electron chi connectivity index (χ4n) is 1.45. The lowest BCUT2D eigenvalue weighted by molar-refractivity contribution is -0.131. The van der Waals surface area contributed by atoms with Crippen LogP contribution < -0.4 is 5.73 Å². The van der Waals surface area contributed by atoms with Gasteiger partial charge in [0, 0.05) is 25.6 Å². The Morgan fingerprint density at radius 3 is 2.82 bits per heavy atom. The molecule has 0 spiro atoms. The van der Waals surface area contributed by atoms with Gasteiger partial charge >= 0.3 is 0 Å². The first kappa shape index (κ1) is 13.6. The van der Waals surface area contributed by atoms with Gasteiger partial charge in [0.2, 0.25) is 5.91 Å². The zero-order valence-corrected chi connectivity index (χ0v) is 10.7. The van der Waals surface area contributed by atoms with Crippen molar-refractivity contribution >= 4 is 23.1 Å². The van der Waals surface area contributed by atoms with Crippen molar-refractivity contribution in [3.8, 4) is 0 Å². The highest BCUT2D eigenvalue weighted by Crippen LogP contribution is 2.04. The summed E-state index contributed by atoms with van der Waals surface area (Å²) in [6.45, 7) is 2.91. The molecule has 0 atom stereocenters. The Kier molecular flexibility index (Phi) is 5.56. The quantitative estimate of drug-likeness (QED) is 0.778. The van der Waals surface area contributed by atoms with Crippen LogP contribution in [0.1, 0.15) is 25.5 Å². The maximum atomic E-state index is 11.7. The van der Waals surface area contributed by atoms with Gasteiger partial charge in [0.05, 0.1) is 17.2 Å². The maximum absolute atomic E-state index is 11.7. The van der Waals surface area contributed by atoms with Crippen LogP contribution in [0.5, 0.6) is 0 Å². The average Bonchev–Trinajstić information content (AvgIpc) is 2.34. The highest BCUT2D eigenvalue weighted by Gasteiger charge is 2.12. The van der Waals surface area contributed by atoms with E-state index in [1.165, 1.54) is 0 Å². The van der Waals surface area contributed by atoms with Gasteiger partial charge in [-0.1, -0.05) is 25.2 Å². The fraction of sp³-hybridized carbons (Fsp3) is 0.417. The Labute approximate surface area is 107 Å². The van der Waals surface area contributed by atoms with E-state index in [1.54, 1.807) is 11.1 Å². The van der Waals surface area contributed by atoms with E-state index >= 15 is 0 Å². The fourth-order valence-corrected chi connectivity index (χ4v) is 1.54. The molecule has 0 unspecified atom stereocenters. The van der Waals surface area contributed by atoms with Crippen molar-refractivity contribution in [2.45, 2.75) is 26.3 Å². The minimum absolute atomic E-state index is 0.0897. The Hall–Kier alpha value is -1.49. The largest absolute Gasteiger partial charge is 0.393 e. The standard InChI is InChI=1S/C12H17N3OS/c1-2-12(16)15(8-6-11(13)17)9-10-5-3-4-7-14-10/h3-5,7H,2,6,8-9H2,1H3,(H2,13,17). The molecule has 0 bridgehead atoms. The number of nitrogens with two attached hydrogens (primary N) is 1. The number of aromatic nitrogens is 1. The SMILES string of the molecule is CCC(=O)N(CCC(N)=S)Cc1ccccn1. The van der Waals surface area contributed by atoms with Gasteiger partial charge in [-0.05, 0) is 12.1 Å². The van der Waals surface area contributed by atoms with Gasteiger partial charge in [0.1, 0.15) is 0 Å². The molecule has 1 rings (SSSR count). The van der Waals surface area contributed by atoms with Crippen molar-refractivity contribution in [2.24, 2.45) is 5.73 Å². The minimum atomic E-state index is 0.0897. The van der Waals surface area contributed by atoms with Crippen molar-refractivity contribution in [3.63, 3.8) is 0 Å².